The van der Waals surface area contributed by atoms with E-state index >= 15 is 0 Å². The maximum atomic E-state index is 13.8. The summed E-state index contributed by atoms with van der Waals surface area (Å²) in [6.07, 6.45) is 1.10. The van der Waals surface area contributed by atoms with Gasteiger partial charge in [-0.3, -0.25) is 4.79 Å². The Hall–Kier alpha value is -2.08. The van der Waals surface area contributed by atoms with Crippen LogP contribution in [0.25, 0.3) is 11.6 Å². The molecule has 1 aliphatic heterocycles. The van der Waals surface area contributed by atoms with Gasteiger partial charge >= 0.3 is 0 Å². The van der Waals surface area contributed by atoms with Gasteiger partial charge in [0, 0.05) is 33.4 Å². The van der Waals surface area contributed by atoms with E-state index in [2.05, 4.69) is 21.2 Å². The molecule has 3 rings (SSSR count). The van der Waals surface area contributed by atoms with Gasteiger partial charge in [-0.25, -0.2) is 13.2 Å². The van der Waals surface area contributed by atoms with Crippen LogP contribution in [0.5, 0.6) is 0 Å². The predicted molar refractivity (Wildman–Crippen MR) is 81.7 cm³/mol. The molecule has 0 spiro atoms. The number of amides is 1. The molecule has 0 aromatic heterocycles. The van der Waals surface area contributed by atoms with Crippen molar-refractivity contribution < 1.29 is 18.0 Å². The van der Waals surface area contributed by atoms with Crippen molar-refractivity contribution in [2.45, 2.75) is 6.92 Å². The first kappa shape index (κ1) is 14.8. The van der Waals surface area contributed by atoms with Gasteiger partial charge < -0.3 is 5.32 Å². The number of hydrogen-bond donors (Lipinski definition) is 1. The van der Waals surface area contributed by atoms with E-state index in [1.807, 2.05) is 0 Å². The van der Waals surface area contributed by atoms with Crippen molar-refractivity contribution in [2.75, 3.05) is 5.32 Å². The Morgan fingerprint density at radius 3 is 2.41 bits per heavy atom. The molecule has 0 aliphatic carbocycles. The maximum Gasteiger partial charge on any atom is 0.256 e. The molecule has 2 nitrogen and oxygen atoms in total. The lowest BCUT2D eigenvalue weighted by Crippen LogP contribution is -2.04. The number of halogens is 4. The Balaban J connectivity index is 2.23. The fraction of sp³-hybridized carbons (Fsp3) is 0.0625. The highest BCUT2D eigenvalue weighted by Crippen LogP contribution is 2.39. The van der Waals surface area contributed by atoms with Crippen LogP contribution in [0.3, 0.4) is 0 Å². The van der Waals surface area contributed by atoms with E-state index < -0.39 is 28.9 Å². The predicted octanol–water partition coefficient (Wildman–Crippen LogP) is 4.67. The lowest BCUT2D eigenvalue weighted by molar-refractivity contribution is -0.110. The van der Waals surface area contributed by atoms with Crippen molar-refractivity contribution in [3.05, 3.63) is 62.9 Å². The van der Waals surface area contributed by atoms with Crippen molar-refractivity contribution in [3.63, 3.8) is 0 Å². The quantitative estimate of drug-likeness (QED) is 0.729. The fourth-order valence-electron chi connectivity index (χ4n) is 2.41. The molecule has 2 aromatic rings. The molecule has 1 heterocycles. The molecule has 0 atom stereocenters. The van der Waals surface area contributed by atoms with Gasteiger partial charge in [0.2, 0.25) is 0 Å². The second kappa shape index (κ2) is 5.28. The van der Waals surface area contributed by atoms with Crippen LogP contribution in [0.1, 0.15) is 16.7 Å². The fourth-order valence-corrected chi connectivity index (χ4v) is 2.74. The Bertz CT molecular complexity index is 823. The zero-order valence-corrected chi connectivity index (χ0v) is 12.9. The lowest BCUT2D eigenvalue weighted by Gasteiger charge is -2.06. The number of carbonyl (C=O) groups excluding carboxylic acids is 1. The number of hydrogen-bond acceptors (Lipinski definition) is 1. The summed E-state index contributed by atoms with van der Waals surface area (Å²) in [7, 11) is 0. The smallest absolute Gasteiger partial charge is 0.256 e. The second-order valence-electron chi connectivity index (χ2n) is 4.89. The van der Waals surface area contributed by atoms with Crippen LogP contribution < -0.4 is 5.32 Å². The monoisotopic (exact) mass is 367 g/mol. The molecule has 1 aliphatic rings. The molecule has 2 aromatic carbocycles. The summed E-state index contributed by atoms with van der Waals surface area (Å²) in [5.74, 6) is -3.58. The van der Waals surface area contributed by atoms with Gasteiger partial charge in [-0.2, -0.15) is 0 Å². The van der Waals surface area contributed by atoms with Gasteiger partial charge in [0.15, 0.2) is 0 Å². The summed E-state index contributed by atoms with van der Waals surface area (Å²) in [6, 6.07) is 4.63. The van der Waals surface area contributed by atoms with Crippen molar-refractivity contribution in [1.82, 2.24) is 0 Å². The summed E-state index contributed by atoms with van der Waals surface area (Å²) < 4.78 is 41.3. The van der Waals surface area contributed by atoms with Crippen LogP contribution in [-0.4, -0.2) is 5.91 Å². The van der Waals surface area contributed by atoms with E-state index in [-0.39, 0.29) is 5.57 Å². The van der Waals surface area contributed by atoms with Crippen LogP contribution in [0, 0.1) is 24.4 Å². The first-order valence-electron chi connectivity index (χ1n) is 6.35. The van der Waals surface area contributed by atoms with E-state index in [4.69, 9.17) is 0 Å². The Morgan fingerprint density at radius 1 is 1.14 bits per heavy atom. The average Bonchev–Trinajstić information content (AvgIpc) is 2.75. The zero-order chi connectivity index (χ0) is 16.0. The highest BCUT2D eigenvalue weighted by atomic mass is 79.9. The molecule has 0 radical (unpaired) electrons. The molecular formula is C16H9BrF3NO. The van der Waals surface area contributed by atoms with E-state index in [9.17, 15) is 18.0 Å². The van der Waals surface area contributed by atoms with Crippen molar-refractivity contribution in [3.8, 4) is 0 Å². The topological polar surface area (TPSA) is 29.1 Å². The highest BCUT2D eigenvalue weighted by Gasteiger charge is 2.27. The number of anilines is 1. The Kier molecular flexibility index (Phi) is 3.56. The minimum absolute atomic E-state index is 0.137. The van der Waals surface area contributed by atoms with Crippen molar-refractivity contribution >= 4 is 39.2 Å². The molecule has 6 heteroatoms. The number of rotatable bonds is 1. The summed E-state index contributed by atoms with van der Waals surface area (Å²) in [5.41, 5.74) is 1.60. The van der Waals surface area contributed by atoms with E-state index in [1.54, 1.807) is 19.1 Å². The van der Waals surface area contributed by atoms with E-state index in [0.717, 1.165) is 16.1 Å². The number of nitrogens with one attached hydrogen (secondary N) is 1. The molecule has 0 bridgehead atoms. The minimum Gasteiger partial charge on any atom is -0.321 e. The standard InChI is InChI=1S/C16H9BrF3NO/c1-7-11(17)2-3-14-15(7)10(16(22)21-14)6-9-12(19)4-8(18)5-13(9)20/h2-6H,1H3,(H,21,22). The second-order valence-corrected chi connectivity index (χ2v) is 5.74. The molecule has 1 N–H and O–H groups in total. The van der Waals surface area contributed by atoms with Gasteiger partial charge in [-0.1, -0.05) is 15.9 Å². The molecule has 0 saturated heterocycles. The van der Waals surface area contributed by atoms with E-state index in [1.165, 1.54) is 0 Å². The minimum atomic E-state index is -1.06. The molecule has 0 fully saturated rings. The Labute approximate surface area is 132 Å². The molecule has 0 saturated carbocycles. The van der Waals surface area contributed by atoms with Crippen LogP contribution in [0.2, 0.25) is 0 Å². The van der Waals surface area contributed by atoms with Gasteiger partial charge in [-0.05, 0) is 30.7 Å². The SMILES string of the molecule is Cc1c(Br)ccc2c1C(=Cc1c(F)cc(F)cc1F)C(=O)N2. The molecular weight excluding hydrogens is 359 g/mol. The third-order valence-corrected chi connectivity index (χ3v) is 4.35. The number of carbonyl (C=O) groups is 1. The third-order valence-electron chi connectivity index (χ3n) is 3.49. The summed E-state index contributed by atoms with van der Waals surface area (Å²) in [5, 5.41) is 2.64. The van der Waals surface area contributed by atoms with E-state index in [0.29, 0.717) is 23.4 Å². The van der Waals surface area contributed by atoms with Gasteiger partial charge in [0.05, 0.1) is 5.57 Å². The first-order chi connectivity index (χ1) is 10.4. The van der Waals surface area contributed by atoms with Gasteiger partial charge in [-0.15, -0.1) is 0 Å². The van der Waals surface area contributed by atoms with Gasteiger partial charge in [0.1, 0.15) is 17.5 Å². The Morgan fingerprint density at radius 2 is 1.77 bits per heavy atom. The van der Waals surface area contributed by atoms with Crippen LogP contribution in [0.4, 0.5) is 18.9 Å². The number of fused-ring (bicyclic) bond motifs is 1. The van der Waals surface area contributed by atoms with Crippen LogP contribution in [0.15, 0.2) is 28.7 Å². The zero-order valence-electron chi connectivity index (χ0n) is 11.3. The van der Waals surface area contributed by atoms with Crippen LogP contribution >= 0.6 is 15.9 Å². The summed E-state index contributed by atoms with van der Waals surface area (Å²) in [4.78, 5) is 12.1. The first-order valence-corrected chi connectivity index (χ1v) is 7.15. The largest absolute Gasteiger partial charge is 0.321 e. The summed E-state index contributed by atoms with van der Waals surface area (Å²) in [6.45, 7) is 1.79. The molecule has 112 valence electrons. The van der Waals surface area contributed by atoms with Gasteiger partial charge in [0.25, 0.3) is 5.91 Å². The third kappa shape index (κ3) is 2.33. The molecule has 0 unspecified atom stereocenters. The maximum absolute atomic E-state index is 13.8. The number of benzene rings is 2. The van der Waals surface area contributed by atoms with Crippen molar-refractivity contribution in [2.24, 2.45) is 0 Å². The average molecular weight is 368 g/mol. The lowest BCUT2D eigenvalue weighted by atomic mass is 9.99. The van der Waals surface area contributed by atoms with Crippen LogP contribution in [-0.2, 0) is 4.79 Å². The summed E-state index contributed by atoms with van der Waals surface area (Å²) >= 11 is 3.36. The van der Waals surface area contributed by atoms with Crippen molar-refractivity contribution in [1.29, 1.82) is 0 Å². The molecule has 1 amide bonds. The molecule has 22 heavy (non-hydrogen) atoms. The normalized spacial score (nSPS) is 15.1. The highest BCUT2D eigenvalue weighted by molar-refractivity contribution is 9.10.